The Bertz CT molecular complexity index is 306. The first kappa shape index (κ1) is 14.2. The zero-order valence-electron chi connectivity index (χ0n) is 11.6. The van der Waals surface area contributed by atoms with Gasteiger partial charge < -0.3 is 5.73 Å². The van der Waals surface area contributed by atoms with Crippen molar-refractivity contribution in [1.29, 1.82) is 0 Å². The molecule has 0 aliphatic heterocycles. The lowest BCUT2D eigenvalue weighted by atomic mass is 9.82. The SMILES string of the molecule is CC(C)C(c1ccc(CCCN)cn1)C(C)C. The molecule has 1 heterocycles. The van der Waals surface area contributed by atoms with Crippen LogP contribution in [0.1, 0.15) is 51.3 Å². The first-order valence-corrected chi connectivity index (χ1v) is 6.71. The zero-order valence-corrected chi connectivity index (χ0v) is 11.6. The van der Waals surface area contributed by atoms with Gasteiger partial charge in [-0.3, -0.25) is 4.98 Å². The van der Waals surface area contributed by atoms with Crippen molar-refractivity contribution in [3.63, 3.8) is 0 Å². The number of hydrogen-bond acceptors (Lipinski definition) is 2. The lowest BCUT2D eigenvalue weighted by molar-refractivity contribution is 0.380. The van der Waals surface area contributed by atoms with E-state index in [1.54, 1.807) is 0 Å². The molecule has 1 aromatic rings. The van der Waals surface area contributed by atoms with Gasteiger partial charge in [-0.15, -0.1) is 0 Å². The smallest absolute Gasteiger partial charge is 0.0439 e. The van der Waals surface area contributed by atoms with Crippen molar-refractivity contribution in [2.45, 2.75) is 46.5 Å². The van der Waals surface area contributed by atoms with Crippen LogP contribution in [0.25, 0.3) is 0 Å². The molecule has 0 amide bonds. The third kappa shape index (κ3) is 4.12. The number of hydrogen-bond donors (Lipinski definition) is 1. The van der Waals surface area contributed by atoms with Gasteiger partial charge in [-0.25, -0.2) is 0 Å². The van der Waals surface area contributed by atoms with Crippen molar-refractivity contribution >= 4 is 0 Å². The molecule has 1 rings (SSSR count). The second kappa shape index (κ2) is 6.75. The lowest BCUT2D eigenvalue weighted by Crippen LogP contribution is -2.15. The van der Waals surface area contributed by atoms with Crippen molar-refractivity contribution in [3.05, 3.63) is 29.6 Å². The van der Waals surface area contributed by atoms with Crippen LogP contribution in [0.15, 0.2) is 18.3 Å². The van der Waals surface area contributed by atoms with Gasteiger partial charge in [-0.05, 0) is 42.9 Å². The minimum Gasteiger partial charge on any atom is -0.330 e. The molecule has 0 aliphatic rings. The van der Waals surface area contributed by atoms with E-state index in [4.69, 9.17) is 5.73 Å². The largest absolute Gasteiger partial charge is 0.330 e. The fraction of sp³-hybridized carbons (Fsp3) is 0.667. The van der Waals surface area contributed by atoms with Crippen molar-refractivity contribution in [3.8, 4) is 0 Å². The standard InChI is InChI=1S/C15H26N2/c1-11(2)15(12(3)4)14-8-7-13(10-17-14)6-5-9-16/h7-8,10-12,15H,5-6,9,16H2,1-4H3. The van der Waals surface area contributed by atoms with Crippen LogP contribution in [0, 0.1) is 11.8 Å². The summed E-state index contributed by atoms with van der Waals surface area (Å²) in [5.74, 6) is 1.83. The number of pyridine rings is 1. The summed E-state index contributed by atoms with van der Waals surface area (Å²) in [6.07, 6.45) is 4.10. The Balaban J connectivity index is 2.77. The number of nitrogens with two attached hydrogens (primary N) is 1. The summed E-state index contributed by atoms with van der Waals surface area (Å²) >= 11 is 0. The number of aromatic nitrogens is 1. The average molecular weight is 234 g/mol. The Labute approximate surface area is 106 Å². The van der Waals surface area contributed by atoms with Crippen LogP contribution in [0.3, 0.4) is 0 Å². The third-order valence-electron chi connectivity index (χ3n) is 3.30. The Morgan fingerprint density at radius 3 is 2.18 bits per heavy atom. The second-order valence-electron chi connectivity index (χ2n) is 5.50. The Hall–Kier alpha value is -0.890. The summed E-state index contributed by atoms with van der Waals surface area (Å²) in [5, 5.41) is 0. The van der Waals surface area contributed by atoms with Crippen LogP contribution in [0.4, 0.5) is 0 Å². The van der Waals surface area contributed by atoms with Crippen LogP contribution in [0.2, 0.25) is 0 Å². The molecule has 0 saturated carbocycles. The minimum absolute atomic E-state index is 0.554. The van der Waals surface area contributed by atoms with Crippen molar-refractivity contribution in [2.75, 3.05) is 6.54 Å². The highest BCUT2D eigenvalue weighted by Crippen LogP contribution is 2.30. The molecule has 96 valence electrons. The monoisotopic (exact) mass is 234 g/mol. The summed E-state index contributed by atoms with van der Waals surface area (Å²) in [5.41, 5.74) is 8.04. The van der Waals surface area contributed by atoms with Gasteiger partial charge in [0.05, 0.1) is 0 Å². The third-order valence-corrected chi connectivity index (χ3v) is 3.30. The minimum atomic E-state index is 0.554. The maximum atomic E-state index is 5.51. The van der Waals surface area contributed by atoms with E-state index < -0.39 is 0 Å². The molecule has 0 fully saturated rings. The van der Waals surface area contributed by atoms with Gasteiger partial charge in [0, 0.05) is 17.8 Å². The van der Waals surface area contributed by atoms with Crippen molar-refractivity contribution in [2.24, 2.45) is 17.6 Å². The first-order valence-electron chi connectivity index (χ1n) is 6.71. The zero-order chi connectivity index (χ0) is 12.8. The quantitative estimate of drug-likeness (QED) is 0.819. The van der Waals surface area contributed by atoms with E-state index in [1.165, 1.54) is 11.3 Å². The van der Waals surface area contributed by atoms with E-state index in [1.807, 2.05) is 6.20 Å². The van der Waals surface area contributed by atoms with Gasteiger partial charge in [-0.1, -0.05) is 33.8 Å². The van der Waals surface area contributed by atoms with Crippen LogP contribution in [0.5, 0.6) is 0 Å². The van der Waals surface area contributed by atoms with E-state index in [0.29, 0.717) is 17.8 Å². The molecule has 0 atom stereocenters. The molecule has 1 aromatic heterocycles. The molecule has 2 N–H and O–H groups in total. The van der Waals surface area contributed by atoms with Crippen LogP contribution in [-0.4, -0.2) is 11.5 Å². The second-order valence-corrected chi connectivity index (χ2v) is 5.50. The number of aryl methyl sites for hydroxylation is 1. The average Bonchev–Trinajstić information content (AvgIpc) is 2.27. The van der Waals surface area contributed by atoms with Gasteiger partial charge in [0.2, 0.25) is 0 Å². The predicted molar refractivity (Wildman–Crippen MR) is 74.0 cm³/mol. The first-order chi connectivity index (χ1) is 8.06. The Kier molecular flexibility index (Phi) is 5.63. The van der Waals surface area contributed by atoms with E-state index in [0.717, 1.165) is 19.4 Å². The Morgan fingerprint density at radius 1 is 1.12 bits per heavy atom. The molecule has 0 aromatic carbocycles. The molecule has 0 unspecified atom stereocenters. The van der Waals surface area contributed by atoms with Crippen LogP contribution in [-0.2, 0) is 6.42 Å². The fourth-order valence-electron chi connectivity index (χ4n) is 2.54. The highest BCUT2D eigenvalue weighted by Gasteiger charge is 2.20. The molecule has 2 heteroatoms. The van der Waals surface area contributed by atoms with E-state index in [9.17, 15) is 0 Å². The van der Waals surface area contributed by atoms with E-state index in [-0.39, 0.29) is 0 Å². The summed E-state index contributed by atoms with van der Waals surface area (Å²) in [4.78, 5) is 4.63. The predicted octanol–water partition coefficient (Wildman–Crippen LogP) is 3.37. The fourth-order valence-corrected chi connectivity index (χ4v) is 2.54. The van der Waals surface area contributed by atoms with E-state index in [2.05, 4.69) is 44.8 Å². The van der Waals surface area contributed by atoms with Crippen molar-refractivity contribution in [1.82, 2.24) is 4.98 Å². The molecule has 17 heavy (non-hydrogen) atoms. The molecule has 2 nitrogen and oxygen atoms in total. The topological polar surface area (TPSA) is 38.9 Å². The summed E-state index contributed by atoms with van der Waals surface area (Å²) in [6.45, 7) is 9.84. The molecule has 0 spiro atoms. The summed E-state index contributed by atoms with van der Waals surface area (Å²) < 4.78 is 0. The molecular weight excluding hydrogens is 208 g/mol. The maximum Gasteiger partial charge on any atom is 0.0439 e. The van der Waals surface area contributed by atoms with Crippen LogP contribution >= 0.6 is 0 Å². The van der Waals surface area contributed by atoms with Gasteiger partial charge in [0.1, 0.15) is 0 Å². The van der Waals surface area contributed by atoms with Crippen LogP contribution < -0.4 is 5.73 Å². The molecule has 0 bridgehead atoms. The van der Waals surface area contributed by atoms with Gasteiger partial charge in [-0.2, -0.15) is 0 Å². The van der Waals surface area contributed by atoms with Gasteiger partial charge in [0.15, 0.2) is 0 Å². The normalized spacial score (nSPS) is 11.8. The summed E-state index contributed by atoms with van der Waals surface area (Å²) in [7, 11) is 0. The molecule has 0 aliphatic carbocycles. The van der Waals surface area contributed by atoms with Gasteiger partial charge in [0.25, 0.3) is 0 Å². The molecular formula is C15H26N2. The lowest BCUT2D eigenvalue weighted by Gasteiger charge is -2.24. The Morgan fingerprint density at radius 2 is 1.76 bits per heavy atom. The highest BCUT2D eigenvalue weighted by molar-refractivity contribution is 5.18. The number of nitrogens with zero attached hydrogens (tertiary/aromatic N) is 1. The molecule has 0 saturated heterocycles. The maximum absolute atomic E-state index is 5.51. The highest BCUT2D eigenvalue weighted by atomic mass is 14.7. The van der Waals surface area contributed by atoms with Gasteiger partial charge >= 0.3 is 0 Å². The number of rotatable bonds is 6. The van der Waals surface area contributed by atoms with E-state index >= 15 is 0 Å². The molecule has 0 radical (unpaired) electrons. The summed E-state index contributed by atoms with van der Waals surface area (Å²) in [6, 6.07) is 4.40. The van der Waals surface area contributed by atoms with Crippen molar-refractivity contribution < 1.29 is 0 Å².